The van der Waals surface area contributed by atoms with Crippen molar-refractivity contribution in [2.24, 2.45) is 5.92 Å². The van der Waals surface area contributed by atoms with Crippen LogP contribution in [0.2, 0.25) is 0 Å². The third-order valence-electron chi connectivity index (χ3n) is 3.11. The monoisotopic (exact) mass is 231 g/mol. The second-order valence-corrected chi connectivity index (χ2v) is 4.26. The van der Waals surface area contributed by atoms with E-state index in [1.165, 1.54) is 6.07 Å². The molecule has 17 heavy (non-hydrogen) atoms. The highest BCUT2D eigenvalue weighted by atomic mass is 16.6. The van der Waals surface area contributed by atoms with Crippen LogP contribution in [-0.2, 0) is 0 Å². The molecule has 1 aliphatic rings. The lowest BCUT2D eigenvalue weighted by molar-refractivity contribution is -0.385. The van der Waals surface area contributed by atoms with E-state index in [1.54, 1.807) is 12.1 Å². The maximum atomic E-state index is 10.7. The zero-order chi connectivity index (χ0) is 12.4. The lowest BCUT2D eigenvalue weighted by atomic mass is 10.1. The minimum Gasteiger partial charge on any atom is -0.382 e. The van der Waals surface area contributed by atoms with Crippen LogP contribution in [0, 0.1) is 27.4 Å². The van der Waals surface area contributed by atoms with Crippen LogP contribution in [0.1, 0.15) is 25.3 Å². The standard InChI is InChI=1S/C12H13N3O2/c1-2-8-6-11(8)14-10-3-4-12(15(16)17)9(5-10)7-13/h3-5,8,11,14H,2,6H2,1H3. The van der Waals surface area contributed by atoms with Crippen LogP contribution in [0.5, 0.6) is 0 Å². The van der Waals surface area contributed by atoms with Crippen molar-refractivity contribution in [3.05, 3.63) is 33.9 Å². The van der Waals surface area contributed by atoms with E-state index in [0.29, 0.717) is 12.0 Å². The molecule has 1 saturated carbocycles. The highest BCUT2D eigenvalue weighted by molar-refractivity contribution is 5.59. The van der Waals surface area contributed by atoms with Crippen LogP contribution >= 0.6 is 0 Å². The predicted octanol–water partition coefficient (Wildman–Crippen LogP) is 2.68. The number of hydrogen-bond donors (Lipinski definition) is 1. The molecule has 2 rings (SSSR count). The zero-order valence-electron chi connectivity index (χ0n) is 9.51. The fourth-order valence-corrected chi connectivity index (χ4v) is 1.96. The molecule has 2 unspecified atom stereocenters. The first-order valence-corrected chi connectivity index (χ1v) is 5.60. The summed E-state index contributed by atoms with van der Waals surface area (Å²) in [5.41, 5.74) is 0.752. The van der Waals surface area contributed by atoms with Gasteiger partial charge in [0, 0.05) is 17.8 Å². The average Bonchev–Trinajstić information content (AvgIpc) is 3.07. The molecule has 1 aliphatic carbocycles. The highest BCUT2D eigenvalue weighted by Crippen LogP contribution is 2.36. The summed E-state index contributed by atoms with van der Waals surface area (Å²) in [6, 6.07) is 6.89. The zero-order valence-corrected chi connectivity index (χ0v) is 9.51. The van der Waals surface area contributed by atoms with Crippen molar-refractivity contribution in [1.29, 1.82) is 5.26 Å². The van der Waals surface area contributed by atoms with Gasteiger partial charge < -0.3 is 5.32 Å². The summed E-state index contributed by atoms with van der Waals surface area (Å²) >= 11 is 0. The molecule has 1 fully saturated rings. The Morgan fingerprint density at radius 2 is 2.41 bits per heavy atom. The van der Waals surface area contributed by atoms with Crippen LogP contribution in [0.3, 0.4) is 0 Å². The number of anilines is 1. The Morgan fingerprint density at radius 1 is 1.65 bits per heavy atom. The maximum absolute atomic E-state index is 10.7. The topological polar surface area (TPSA) is 79.0 Å². The first kappa shape index (κ1) is 11.4. The minimum atomic E-state index is -0.533. The first-order chi connectivity index (χ1) is 8.15. The molecule has 1 aromatic carbocycles. The van der Waals surface area contributed by atoms with Crippen LogP contribution < -0.4 is 5.32 Å². The Balaban J connectivity index is 2.15. The van der Waals surface area contributed by atoms with Gasteiger partial charge in [0.2, 0.25) is 0 Å². The van der Waals surface area contributed by atoms with Crippen molar-refractivity contribution in [1.82, 2.24) is 0 Å². The van der Waals surface area contributed by atoms with Crippen molar-refractivity contribution in [2.75, 3.05) is 5.32 Å². The van der Waals surface area contributed by atoms with E-state index in [4.69, 9.17) is 5.26 Å². The molecule has 0 radical (unpaired) electrons. The molecular weight excluding hydrogens is 218 g/mol. The molecule has 5 heteroatoms. The summed E-state index contributed by atoms with van der Waals surface area (Å²) in [7, 11) is 0. The molecule has 0 bridgehead atoms. The van der Waals surface area contributed by atoms with Gasteiger partial charge in [-0.25, -0.2) is 0 Å². The molecule has 0 aliphatic heterocycles. The smallest absolute Gasteiger partial charge is 0.287 e. The Bertz CT molecular complexity index is 493. The minimum absolute atomic E-state index is 0.105. The van der Waals surface area contributed by atoms with E-state index in [2.05, 4.69) is 12.2 Å². The summed E-state index contributed by atoms with van der Waals surface area (Å²) in [5.74, 6) is 0.690. The van der Waals surface area contributed by atoms with Crippen LogP contribution in [0.4, 0.5) is 11.4 Å². The van der Waals surface area contributed by atoms with E-state index in [-0.39, 0.29) is 11.3 Å². The van der Waals surface area contributed by atoms with Gasteiger partial charge in [-0.2, -0.15) is 5.26 Å². The van der Waals surface area contributed by atoms with Crippen molar-refractivity contribution >= 4 is 11.4 Å². The lowest BCUT2D eigenvalue weighted by Crippen LogP contribution is -2.04. The van der Waals surface area contributed by atoms with Gasteiger partial charge in [0.05, 0.1) is 4.92 Å². The fraction of sp³-hybridized carbons (Fsp3) is 0.417. The quantitative estimate of drug-likeness (QED) is 0.638. The number of nitrogens with zero attached hydrogens (tertiary/aromatic N) is 2. The molecule has 0 spiro atoms. The van der Waals surface area contributed by atoms with E-state index in [1.807, 2.05) is 6.07 Å². The van der Waals surface area contributed by atoms with Gasteiger partial charge in [-0.3, -0.25) is 10.1 Å². The average molecular weight is 231 g/mol. The number of nitrogens with one attached hydrogen (secondary N) is 1. The largest absolute Gasteiger partial charge is 0.382 e. The third kappa shape index (κ3) is 2.36. The number of nitro groups is 1. The lowest BCUT2D eigenvalue weighted by Gasteiger charge is -2.05. The fourth-order valence-electron chi connectivity index (χ4n) is 1.96. The Labute approximate surface area is 99.2 Å². The summed E-state index contributed by atoms with van der Waals surface area (Å²) in [4.78, 5) is 10.1. The molecule has 1 aromatic rings. The van der Waals surface area contributed by atoms with Crippen molar-refractivity contribution in [3.8, 4) is 6.07 Å². The first-order valence-electron chi connectivity index (χ1n) is 5.60. The van der Waals surface area contributed by atoms with E-state index < -0.39 is 4.92 Å². The molecule has 5 nitrogen and oxygen atoms in total. The van der Waals surface area contributed by atoms with Crippen LogP contribution in [-0.4, -0.2) is 11.0 Å². The van der Waals surface area contributed by atoms with Gasteiger partial charge in [0.25, 0.3) is 5.69 Å². The van der Waals surface area contributed by atoms with Gasteiger partial charge >= 0.3 is 0 Å². The summed E-state index contributed by atoms with van der Waals surface area (Å²) in [5, 5.41) is 22.8. The normalized spacial score (nSPS) is 21.6. The molecular formula is C12H13N3O2. The van der Waals surface area contributed by atoms with Crippen LogP contribution in [0.25, 0.3) is 0 Å². The van der Waals surface area contributed by atoms with E-state index in [9.17, 15) is 10.1 Å². The van der Waals surface area contributed by atoms with E-state index in [0.717, 1.165) is 18.5 Å². The number of hydrogen-bond acceptors (Lipinski definition) is 4. The molecule has 0 amide bonds. The Kier molecular flexibility index (Phi) is 2.96. The predicted molar refractivity (Wildman–Crippen MR) is 63.6 cm³/mol. The summed E-state index contributed by atoms with van der Waals surface area (Å²) in [6.07, 6.45) is 2.27. The van der Waals surface area contributed by atoms with Crippen molar-refractivity contribution < 1.29 is 4.92 Å². The van der Waals surface area contributed by atoms with E-state index >= 15 is 0 Å². The molecule has 1 N–H and O–H groups in total. The SMILES string of the molecule is CCC1CC1Nc1ccc([N+](=O)[O-])c(C#N)c1. The van der Waals surface area contributed by atoms with Gasteiger partial charge in [-0.05, 0) is 24.5 Å². The van der Waals surface area contributed by atoms with Crippen molar-refractivity contribution in [3.63, 3.8) is 0 Å². The van der Waals surface area contributed by atoms with Gasteiger partial charge in [-0.15, -0.1) is 0 Å². The van der Waals surface area contributed by atoms with Crippen LogP contribution in [0.15, 0.2) is 18.2 Å². The maximum Gasteiger partial charge on any atom is 0.287 e. The number of rotatable bonds is 4. The summed E-state index contributed by atoms with van der Waals surface area (Å²) < 4.78 is 0. The summed E-state index contributed by atoms with van der Waals surface area (Å²) in [6.45, 7) is 2.14. The van der Waals surface area contributed by atoms with Gasteiger partial charge in [-0.1, -0.05) is 13.3 Å². The van der Waals surface area contributed by atoms with Gasteiger partial charge in [0.1, 0.15) is 11.6 Å². The highest BCUT2D eigenvalue weighted by Gasteiger charge is 2.35. The molecule has 0 aromatic heterocycles. The third-order valence-corrected chi connectivity index (χ3v) is 3.11. The number of benzene rings is 1. The van der Waals surface area contributed by atoms with Crippen molar-refractivity contribution in [2.45, 2.75) is 25.8 Å². The number of nitro benzene ring substituents is 1. The van der Waals surface area contributed by atoms with Gasteiger partial charge in [0.15, 0.2) is 0 Å². The molecule has 0 saturated heterocycles. The number of nitriles is 1. The molecule has 2 atom stereocenters. The second kappa shape index (κ2) is 4.42. The Hall–Kier alpha value is -2.09. The molecule has 88 valence electrons. The molecule has 0 heterocycles. The Morgan fingerprint density at radius 3 is 2.94 bits per heavy atom. The second-order valence-electron chi connectivity index (χ2n) is 4.26.